The van der Waals surface area contributed by atoms with E-state index in [1.807, 2.05) is 0 Å². The fraction of sp³-hybridized carbons (Fsp3) is 0.893. The lowest BCUT2D eigenvalue weighted by Gasteiger charge is -2.52. The summed E-state index contributed by atoms with van der Waals surface area (Å²) in [6, 6.07) is 0. The van der Waals surface area contributed by atoms with Crippen LogP contribution >= 0.6 is 0 Å². The first-order valence-corrected chi connectivity index (χ1v) is 14.1. The third kappa shape index (κ3) is 8.81. The second-order valence-corrected chi connectivity index (χ2v) is 9.97. The van der Waals surface area contributed by atoms with Crippen LogP contribution < -0.4 is 0 Å². The van der Waals surface area contributed by atoms with Gasteiger partial charge in [-0.05, 0) is 39.0 Å². The fourth-order valence-electron chi connectivity index (χ4n) is 5.05. The largest absolute Gasteiger partial charge is 0.454 e. The van der Waals surface area contributed by atoms with E-state index in [9.17, 15) is 15.0 Å². The van der Waals surface area contributed by atoms with E-state index in [1.54, 1.807) is 6.92 Å². The van der Waals surface area contributed by atoms with Crippen LogP contribution in [-0.4, -0.2) is 66.2 Å². The zero-order valence-corrected chi connectivity index (χ0v) is 22.2. The van der Waals surface area contributed by atoms with Crippen LogP contribution in [0.2, 0.25) is 0 Å². The van der Waals surface area contributed by atoms with Crippen LogP contribution in [0.4, 0.5) is 0 Å². The van der Waals surface area contributed by atoms with Crippen molar-refractivity contribution in [1.82, 2.24) is 0 Å². The Bertz CT molecular complexity index is 595. The minimum absolute atomic E-state index is 0.0313. The molecule has 2 heterocycles. The van der Waals surface area contributed by atoms with Crippen molar-refractivity contribution in [2.45, 2.75) is 134 Å². The minimum atomic E-state index is -1.48. The van der Waals surface area contributed by atoms with Gasteiger partial charge in [-0.1, -0.05) is 70.4 Å². The van der Waals surface area contributed by atoms with Gasteiger partial charge in [0, 0.05) is 19.4 Å². The van der Waals surface area contributed by atoms with Crippen LogP contribution in [0, 0.1) is 0 Å². The van der Waals surface area contributed by atoms with E-state index >= 15 is 0 Å². The third-order valence-electron chi connectivity index (χ3n) is 7.23. The number of aliphatic hydroxyl groups excluding tert-OH is 2. The molecule has 0 spiro atoms. The zero-order valence-electron chi connectivity index (χ0n) is 22.2. The minimum Gasteiger partial charge on any atom is -0.454 e. The van der Waals surface area contributed by atoms with Gasteiger partial charge in [-0.15, -0.1) is 0 Å². The highest BCUT2D eigenvalue weighted by molar-refractivity contribution is 5.69. The van der Waals surface area contributed by atoms with Crippen LogP contribution in [0.25, 0.3) is 0 Å². The van der Waals surface area contributed by atoms with Gasteiger partial charge in [-0.3, -0.25) is 4.79 Å². The Morgan fingerprint density at radius 3 is 2.09 bits per heavy atom. The number of carbonyl (C=O) groups is 1. The van der Waals surface area contributed by atoms with E-state index in [2.05, 4.69) is 19.1 Å². The van der Waals surface area contributed by atoms with Gasteiger partial charge in [0.1, 0.15) is 6.10 Å². The monoisotopic (exact) mass is 498 g/mol. The molecule has 0 aliphatic carbocycles. The summed E-state index contributed by atoms with van der Waals surface area (Å²) in [4.78, 5) is 12.5. The first kappa shape index (κ1) is 30.2. The average molecular weight is 499 g/mol. The molecular weight excluding hydrogens is 448 g/mol. The molecule has 0 unspecified atom stereocenters. The highest BCUT2D eigenvalue weighted by Crippen LogP contribution is 2.47. The molecule has 0 amide bonds. The Kier molecular flexibility index (Phi) is 14.4. The molecule has 4 atom stereocenters. The van der Waals surface area contributed by atoms with Gasteiger partial charge >= 0.3 is 5.97 Å². The van der Waals surface area contributed by atoms with E-state index in [1.165, 1.54) is 51.4 Å². The third-order valence-corrected chi connectivity index (χ3v) is 7.23. The average Bonchev–Trinajstić information content (AvgIpc) is 3.12. The molecule has 0 aromatic heterocycles. The molecule has 2 saturated heterocycles. The van der Waals surface area contributed by atoms with Crippen molar-refractivity contribution in [3.8, 4) is 0 Å². The van der Waals surface area contributed by atoms with Crippen molar-refractivity contribution in [3.05, 3.63) is 12.2 Å². The molecule has 2 N–H and O–H groups in total. The summed E-state index contributed by atoms with van der Waals surface area (Å²) < 4.78 is 23.0. The van der Waals surface area contributed by atoms with E-state index < -0.39 is 23.6 Å². The number of carbonyl (C=O) groups excluding carboxylic acids is 1. The Morgan fingerprint density at radius 1 is 0.943 bits per heavy atom. The summed E-state index contributed by atoms with van der Waals surface area (Å²) in [5.74, 6) is -1.86. The van der Waals surface area contributed by atoms with Gasteiger partial charge in [-0.25, -0.2) is 0 Å². The molecule has 0 aromatic carbocycles. The van der Waals surface area contributed by atoms with Crippen LogP contribution in [-0.2, 0) is 23.7 Å². The predicted octanol–water partition coefficient (Wildman–Crippen LogP) is 5.21. The quantitative estimate of drug-likeness (QED) is 0.135. The molecule has 0 saturated carbocycles. The van der Waals surface area contributed by atoms with Gasteiger partial charge in [0.15, 0.2) is 11.7 Å². The van der Waals surface area contributed by atoms with E-state index in [0.29, 0.717) is 13.0 Å². The molecule has 204 valence electrons. The number of hydrogen-bond donors (Lipinski definition) is 2. The summed E-state index contributed by atoms with van der Waals surface area (Å²) in [7, 11) is 0. The molecule has 2 aliphatic rings. The molecule has 2 rings (SSSR count). The highest BCUT2D eigenvalue weighted by atomic mass is 16.8. The van der Waals surface area contributed by atoms with Crippen molar-refractivity contribution >= 4 is 5.97 Å². The Balaban J connectivity index is 1.58. The van der Waals surface area contributed by atoms with Crippen molar-refractivity contribution in [1.29, 1.82) is 0 Å². The number of ether oxygens (including phenoxy) is 4. The maximum Gasteiger partial charge on any atom is 0.306 e. The highest BCUT2D eigenvalue weighted by Gasteiger charge is 2.68. The summed E-state index contributed by atoms with van der Waals surface area (Å²) >= 11 is 0. The molecule has 2 fully saturated rings. The van der Waals surface area contributed by atoms with Gasteiger partial charge in [0.25, 0.3) is 0 Å². The molecule has 35 heavy (non-hydrogen) atoms. The number of unbranched alkanes of at least 4 members (excludes halogenated alkanes) is 11. The second kappa shape index (κ2) is 16.7. The maximum atomic E-state index is 12.5. The summed E-state index contributed by atoms with van der Waals surface area (Å²) in [5.41, 5.74) is -1.12. The molecule has 2 aliphatic heterocycles. The molecule has 0 aromatic rings. The smallest absolute Gasteiger partial charge is 0.306 e. The summed E-state index contributed by atoms with van der Waals surface area (Å²) in [5, 5.41) is 20.4. The second-order valence-electron chi connectivity index (χ2n) is 9.97. The zero-order chi connectivity index (χ0) is 25.4. The van der Waals surface area contributed by atoms with Crippen LogP contribution in [0.3, 0.4) is 0 Å². The number of esters is 1. The van der Waals surface area contributed by atoms with Gasteiger partial charge in [0.2, 0.25) is 5.79 Å². The predicted molar refractivity (Wildman–Crippen MR) is 136 cm³/mol. The van der Waals surface area contributed by atoms with Crippen molar-refractivity contribution in [2.24, 2.45) is 0 Å². The Hall–Kier alpha value is -0.990. The van der Waals surface area contributed by atoms with E-state index in [-0.39, 0.29) is 32.2 Å². The van der Waals surface area contributed by atoms with Crippen molar-refractivity contribution < 1.29 is 34.0 Å². The molecule has 0 bridgehead atoms. The standard InChI is InChI=1S/C28H50O7/c1-3-5-6-7-8-9-10-11-12-13-14-15-16-17-18-19-25(31)35-26-24(30)22-34-28(26,32-4-2)27(23-29)20-21-33-27/h11-12,24,26,29-30H,3-10,13-23H2,1-2H3/b12-11-/t24-,26+,27+,28-/m0/s1. The van der Waals surface area contributed by atoms with E-state index in [0.717, 1.165) is 32.1 Å². The number of aliphatic hydroxyl groups is 2. The van der Waals surface area contributed by atoms with Crippen molar-refractivity contribution in [3.63, 3.8) is 0 Å². The lowest BCUT2D eigenvalue weighted by Crippen LogP contribution is -2.70. The number of allylic oxidation sites excluding steroid dienone is 2. The SMILES string of the molecule is CCCCCCCC/C=C\CCCCCCCC(=O)O[C@@H]1[C@@H](O)CO[C@]1(OCC)[C@]1(CO)CCO1. The summed E-state index contributed by atoms with van der Waals surface area (Å²) in [6.07, 6.45) is 19.0. The summed E-state index contributed by atoms with van der Waals surface area (Å²) in [6.45, 7) is 4.43. The van der Waals surface area contributed by atoms with Gasteiger partial charge < -0.3 is 29.2 Å². The normalized spacial score (nSPS) is 28.5. The van der Waals surface area contributed by atoms with Crippen LogP contribution in [0.5, 0.6) is 0 Å². The number of hydrogen-bond acceptors (Lipinski definition) is 7. The lowest BCUT2D eigenvalue weighted by molar-refractivity contribution is -0.378. The van der Waals surface area contributed by atoms with Crippen molar-refractivity contribution in [2.75, 3.05) is 26.4 Å². The lowest BCUT2D eigenvalue weighted by atomic mass is 9.82. The molecule has 7 nitrogen and oxygen atoms in total. The fourth-order valence-corrected chi connectivity index (χ4v) is 5.05. The number of rotatable bonds is 20. The van der Waals surface area contributed by atoms with Gasteiger partial charge in [0.05, 0.1) is 19.8 Å². The molecule has 7 heteroatoms. The molecular formula is C28H50O7. The Morgan fingerprint density at radius 2 is 1.54 bits per heavy atom. The molecule has 0 radical (unpaired) electrons. The Labute approximate surface area is 212 Å². The van der Waals surface area contributed by atoms with E-state index in [4.69, 9.17) is 18.9 Å². The first-order chi connectivity index (χ1) is 17.0. The maximum absolute atomic E-state index is 12.5. The topological polar surface area (TPSA) is 94.5 Å². The van der Waals surface area contributed by atoms with Gasteiger partial charge in [-0.2, -0.15) is 0 Å². The van der Waals surface area contributed by atoms with Crippen LogP contribution in [0.15, 0.2) is 12.2 Å². The van der Waals surface area contributed by atoms with Crippen LogP contribution in [0.1, 0.15) is 110 Å². The first-order valence-electron chi connectivity index (χ1n) is 14.1.